The maximum atomic E-state index is 14.3. The second-order valence-corrected chi connectivity index (χ2v) is 11.7. The van der Waals surface area contributed by atoms with Crippen LogP contribution in [0.1, 0.15) is 66.7 Å². The summed E-state index contributed by atoms with van der Waals surface area (Å²) in [5.74, 6) is -2.43. The van der Waals surface area contributed by atoms with Gasteiger partial charge in [0.25, 0.3) is 0 Å². The maximum absolute atomic E-state index is 14.3. The number of aliphatic hydroxyl groups excluding tert-OH is 1. The smallest absolute Gasteiger partial charge is 0.312 e. The van der Waals surface area contributed by atoms with Crippen molar-refractivity contribution in [3.8, 4) is 0 Å². The summed E-state index contributed by atoms with van der Waals surface area (Å²) in [4.78, 5) is 45.1. The lowest BCUT2D eigenvalue weighted by atomic mass is 9.62. The SMILES string of the molecule is C=CCCOC(=O)[C@H]1[C@H]2C(=O)N(CCCCCO)C(C(=O)N(CC=C)C(C)(C)C)C23CC(C)[C@]1(C)O3. The van der Waals surface area contributed by atoms with Crippen LogP contribution in [0.3, 0.4) is 0 Å². The third kappa shape index (κ3) is 4.62. The summed E-state index contributed by atoms with van der Waals surface area (Å²) in [5, 5.41) is 9.20. The minimum absolute atomic E-state index is 0.0364. The molecule has 3 saturated heterocycles. The number of carbonyl (C=O) groups is 3. The van der Waals surface area contributed by atoms with Gasteiger partial charge in [0.15, 0.2) is 0 Å². The van der Waals surface area contributed by atoms with E-state index in [-0.39, 0.29) is 30.9 Å². The van der Waals surface area contributed by atoms with Gasteiger partial charge in [0.1, 0.15) is 17.6 Å². The number of amides is 2. The van der Waals surface area contributed by atoms with Crippen LogP contribution >= 0.6 is 0 Å². The Labute approximate surface area is 215 Å². The minimum atomic E-state index is -1.09. The number of unbranched alkanes of at least 4 members (excludes halogenated alkanes) is 2. The molecule has 36 heavy (non-hydrogen) atoms. The van der Waals surface area contributed by atoms with E-state index < -0.39 is 40.6 Å². The lowest BCUT2D eigenvalue weighted by molar-refractivity contribution is -0.162. The van der Waals surface area contributed by atoms with E-state index in [1.165, 1.54) is 0 Å². The van der Waals surface area contributed by atoms with Crippen LogP contribution in [0.2, 0.25) is 0 Å². The van der Waals surface area contributed by atoms with E-state index in [1.54, 1.807) is 22.0 Å². The van der Waals surface area contributed by atoms with Crippen LogP contribution in [0.4, 0.5) is 0 Å². The van der Waals surface area contributed by atoms with Crippen molar-refractivity contribution >= 4 is 17.8 Å². The first-order valence-corrected chi connectivity index (χ1v) is 13.2. The van der Waals surface area contributed by atoms with Crippen LogP contribution in [0.15, 0.2) is 25.3 Å². The molecular weight excluding hydrogens is 460 g/mol. The number of rotatable bonds is 12. The molecule has 8 heteroatoms. The molecule has 0 aromatic heterocycles. The Morgan fingerprint density at radius 3 is 2.53 bits per heavy atom. The number of ether oxygens (including phenoxy) is 2. The molecular formula is C28H44N2O6. The number of likely N-dealkylation sites (tertiary alicyclic amines) is 1. The molecule has 1 spiro atoms. The Balaban J connectivity index is 2.06. The summed E-state index contributed by atoms with van der Waals surface area (Å²) in [6.07, 6.45) is 6.43. The molecule has 1 N–H and O–H groups in total. The van der Waals surface area contributed by atoms with Crippen LogP contribution in [0, 0.1) is 17.8 Å². The van der Waals surface area contributed by atoms with Gasteiger partial charge < -0.3 is 24.4 Å². The highest BCUT2D eigenvalue weighted by Crippen LogP contribution is 2.65. The van der Waals surface area contributed by atoms with Gasteiger partial charge in [0.2, 0.25) is 11.8 Å². The Kier molecular flexibility index (Phi) is 8.40. The van der Waals surface area contributed by atoms with E-state index in [1.807, 2.05) is 34.6 Å². The molecule has 0 saturated carbocycles. The van der Waals surface area contributed by atoms with Gasteiger partial charge in [-0.05, 0) is 65.7 Å². The van der Waals surface area contributed by atoms with Crippen molar-refractivity contribution < 1.29 is 29.0 Å². The van der Waals surface area contributed by atoms with E-state index in [9.17, 15) is 19.5 Å². The van der Waals surface area contributed by atoms with Crippen molar-refractivity contribution in [2.75, 3.05) is 26.3 Å². The molecule has 6 atom stereocenters. The number of esters is 1. The molecule has 2 amide bonds. The topological polar surface area (TPSA) is 96.4 Å². The fourth-order valence-electron chi connectivity index (χ4n) is 6.49. The predicted molar refractivity (Wildman–Crippen MR) is 137 cm³/mol. The molecule has 3 fully saturated rings. The zero-order valence-electron chi connectivity index (χ0n) is 22.6. The molecule has 202 valence electrons. The number of carbonyl (C=O) groups excluding carboxylic acids is 3. The van der Waals surface area contributed by atoms with Gasteiger partial charge in [-0.15, -0.1) is 13.2 Å². The summed E-state index contributed by atoms with van der Waals surface area (Å²) in [7, 11) is 0. The minimum Gasteiger partial charge on any atom is -0.465 e. The Morgan fingerprint density at radius 1 is 1.25 bits per heavy atom. The van der Waals surface area contributed by atoms with Gasteiger partial charge >= 0.3 is 5.97 Å². The van der Waals surface area contributed by atoms with Crippen molar-refractivity contribution in [1.29, 1.82) is 0 Å². The lowest BCUT2D eigenvalue weighted by Crippen LogP contribution is -2.60. The van der Waals surface area contributed by atoms with E-state index in [0.29, 0.717) is 38.8 Å². The van der Waals surface area contributed by atoms with Crippen LogP contribution in [0.25, 0.3) is 0 Å². The first-order valence-electron chi connectivity index (χ1n) is 13.2. The molecule has 3 heterocycles. The predicted octanol–water partition coefficient (Wildman–Crippen LogP) is 3.09. The first-order chi connectivity index (χ1) is 16.9. The monoisotopic (exact) mass is 504 g/mol. The normalized spacial score (nSPS) is 32.9. The number of hydrogen-bond donors (Lipinski definition) is 1. The summed E-state index contributed by atoms with van der Waals surface area (Å²) < 4.78 is 12.3. The van der Waals surface area contributed by atoms with Crippen LogP contribution in [0.5, 0.6) is 0 Å². The molecule has 0 aromatic carbocycles. The van der Waals surface area contributed by atoms with Gasteiger partial charge in [0, 0.05) is 25.2 Å². The quantitative estimate of drug-likeness (QED) is 0.249. The number of aliphatic hydroxyl groups is 1. The molecule has 0 aliphatic carbocycles. The third-order valence-electron chi connectivity index (χ3n) is 8.31. The first kappa shape index (κ1) is 28.4. The van der Waals surface area contributed by atoms with E-state index in [4.69, 9.17) is 9.47 Å². The summed E-state index contributed by atoms with van der Waals surface area (Å²) >= 11 is 0. The fourth-order valence-corrected chi connectivity index (χ4v) is 6.49. The second kappa shape index (κ2) is 10.7. The van der Waals surface area contributed by atoms with E-state index in [2.05, 4.69) is 13.2 Å². The van der Waals surface area contributed by atoms with E-state index >= 15 is 0 Å². The van der Waals surface area contributed by atoms with Crippen LogP contribution in [-0.4, -0.2) is 81.8 Å². The zero-order valence-corrected chi connectivity index (χ0v) is 22.6. The molecule has 0 radical (unpaired) electrons. The number of nitrogens with zero attached hydrogens (tertiary/aromatic N) is 2. The number of hydrogen-bond acceptors (Lipinski definition) is 6. The number of fused-ring (bicyclic) bond motifs is 1. The zero-order chi connectivity index (χ0) is 26.9. The molecule has 3 aliphatic rings. The van der Waals surface area contributed by atoms with Crippen molar-refractivity contribution in [3.63, 3.8) is 0 Å². The molecule has 3 unspecified atom stereocenters. The molecule has 3 rings (SSSR count). The van der Waals surface area contributed by atoms with Gasteiger partial charge in [0.05, 0.1) is 18.1 Å². The largest absolute Gasteiger partial charge is 0.465 e. The third-order valence-corrected chi connectivity index (χ3v) is 8.31. The molecule has 8 nitrogen and oxygen atoms in total. The summed E-state index contributed by atoms with van der Waals surface area (Å²) in [6, 6.07) is -0.835. The van der Waals surface area contributed by atoms with Gasteiger partial charge in [-0.25, -0.2) is 0 Å². The average molecular weight is 505 g/mol. The van der Waals surface area contributed by atoms with Crippen molar-refractivity contribution in [2.24, 2.45) is 17.8 Å². The second-order valence-electron chi connectivity index (χ2n) is 11.7. The Morgan fingerprint density at radius 2 is 1.94 bits per heavy atom. The van der Waals surface area contributed by atoms with E-state index in [0.717, 1.165) is 6.42 Å². The fraction of sp³-hybridized carbons (Fsp3) is 0.750. The lowest BCUT2D eigenvalue weighted by Gasteiger charge is -2.42. The average Bonchev–Trinajstić information content (AvgIpc) is 3.31. The van der Waals surface area contributed by atoms with Gasteiger partial charge in [-0.3, -0.25) is 14.4 Å². The van der Waals surface area contributed by atoms with Crippen molar-refractivity contribution in [3.05, 3.63) is 25.3 Å². The molecule has 2 bridgehead atoms. The highest BCUT2D eigenvalue weighted by atomic mass is 16.6. The summed E-state index contributed by atoms with van der Waals surface area (Å²) in [6.45, 7) is 18.3. The highest BCUT2D eigenvalue weighted by Gasteiger charge is 2.80. The highest BCUT2D eigenvalue weighted by molar-refractivity contribution is 5.98. The summed E-state index contributed by atoms with van der Waals surface area (Å²) in [5.41, 5.74) is -2.48. The van der Waals surface area contributed by atoms with Gasteiger partial charge in [-0.1, -0.05) is 19.1 Å². The Hall–Kier alpha value is -2.19. The van der Waals surface area contributed by atoms with Crippen molar-refractivity contribution in [1.82, 2.24) is 9.80 Å². The Bertz CT molecular complexity index is 882. The van der Waals surface area contributed by atoms with Gasteiger partial charge in [-0.2, -0.15) is 0 Å². The van der Waals surface area contributed by atoms with Crippen molar-refractivity contribution in [2.45, 2.75) is 89.5 Å². The molecule has 0 aromatic rings. The standard InChI is InChI=1S/C28H44N2O6/c1-8-10-17-35-25(34)21-20-23(32)29(15-12-11-13-16-31)22(24(33)30(14-9-2)26(4,5)6)28(20)18-19(3)27(21,7)36-28/h8-9,19-22,31H,1-2,10-18H2,3-7H3/t19?,20-,21+,22?,27-,28?/m0/s1. The molecule has 3 aliphatic heterocycles. The van der Waals surface area contributed by atoms with Crippen LogP contribution in [-0.2, 0) is 23.9 Å². The van der Waals surface area contributed by atoms with Crippen LogP contribution < -0.4 is 0 Å². The maximum Gasteiger partial charge on any atom is 0.312 e.